The van der Waals surface area contributed by atoms with Crippen LogP contribution in [0.25, 0.3) is 5.69 Å². The second-order valence-electron chi connectivity index (χ2n) is 7.92. The number of anilines is 1. The van der Waals surface area contributed by atoms with E-state index in [1.165, 1.54) is 23.1 Å². The maximum absolute atomic E-state index is 12.8. The molecular weight excluding hydrogens is 567 g/mol. The first-order valence-electron chi connectivity index (χ1n) is 11.7. The number of ether oxygens (including phenoxy) is 1. The molecule has 0 fully saturated rings. The van der Waals surface area contributed by atoms with Gasteiger partial charge in [-0.2, -0.15) is 0 Å². The zero-order valence-electron chi connectivity index (χ0n) is 20.3. The van der Waals surface area contributed by atoms with Crippen molar-refractivity contribution in [3.8, 4) is 11.4 Å². The quantitative estimate of drug-likeness (QED) is 0.157. The van der Waals surface area contributed by atoms with E-state index in [4.69, 9.17) is 27.9 Å². The predicted octanol–water partition coefficient (Wildman–Crippen LogP) is 5.87. The van der Waals surface area contributed by atoms with Crippen LogP contribution in [0.1, 0.15) is 35.9 Å². The third-order valence-electron chi connectivity index (χ3n) is 5.16. The van der Waals surface area contributed by atoms with Gasteiger partial charge in [0.05, 0.1) is 34.6 Å². The lowest BCUT2D eigenvalue weighted by Crippen LogP contribution is -2.24. The smallest absolute Gasteiger partial charge is 0.251 e. The van der Waals surface area contributed by atoms with E-state index in [0.717, 1.165) is 18.6 Å². The molecule has 13 heteroatoms. The second-order valence-corrected chi connectivity index (χ2v) is 10.6. The highest BCUT2D eigenvalue weighted by Gasteiger charge is 2.18. The standard InChI is InChI=1S/C25H24Cl2N6O3S2/c1-2-3-11-36-18-7-4-16(5-8-18)23(35)29-14-21-31-32-25(33(21)17-6-9-19(26)20(27)13-17)38-15-22(34)30-24-28-10-12-37-24/h4-10,12-13H,2-3,11,14-15H2,1H3,(H,29,35)(H,28,30,34). The number of unbranched alkanes of at least 4 members (excludes halogenated alkanes) is 1. The Kier molecular flexibility index (Phi) is 9.99. The van der Waals surface area contributed by atoms with Gasteiger partial charge in [0.15, 0.2) is 16.1 Å². The lowest BCUT2D eigenvalue weighted by molar-refractivity contribution is -0.113. The van der Waals surface area contributed by atoms with Crippen molar-refractivity contribution >= 4 is 63.2 Å². The van der Waals surface area contributed by atoms with Crippen LogP contribution in [0.15, 0.2) is 59.2 Å². The first kappa shape index (κ1) is 27.9. The molecule has 9 nitrogen and oxygen atoms in total. The Morgan fingerprint density at radius 2 is 1.92 bits per heavy atom. The van der Waals surface area contributed by atoms with E-state index in [1.54, 1.807) is 58.6 Å². The fourth-order valence-corrected chi connectivity index (χ4v) is 4.87. The number of benzene rings is 2. The maximum Gasteiger partial charge on any atom is 0.251 e. The van der Waals surface area contributed by atoms with Gasteiger partial charge < -0.3 is 15.4 Å². The van der Waals surface area contributed by atoms with Crippen LogP contribution >= 0.6 is 46.3 Å². The molecule has 2 heterocycles. The number of halogens is 2. The normalized spacial score (nSPS) is 10.8. The molecule has 198 valence electrons. The van der Waals surface area contributed by atoms with Gasteiger partial charge in [-0.15, -0.1) is 21.5 Å². The van der Waals surface area contributed by atoms with E-state index in [2.05, 4.69) is 32.7 Å². The van der Waals surface area contributed by atoms with Crippen molar-refractivity contribution < 1.29 is 14.3 Å². The summed E-state index contributed by atoms with van der Waals surface area (Å²) in [5.74, 6) is 0.753. The van der Waals surface area contributed by atoms with Crippen molar-refractivity contribution in [3.05, 3.63) is 75.5 Å². The van der Waals surface area contributed by atoms with E-state index in [1.807, 2.05) is 0 Å². The fourth-order valence-electron chi connectivity index (χ4n) is 3.26. The number of thioether (sulfide) groups is 1. The molecule has 0 unspecified atom stereocenters. The van der Waals surface area contributed by atoms with Crippen LogP contribution in [-0.2, 0) is 11.3 Å². The number of carbonyl (C=O) groups is 2. The van der Waals surface area contributed by atoms with E-state index in [-0.39, 0.29) is 24.1 Å². The summed E-state index contributed by atoms with van der Waals surface area (Å²) in [5.41, 5.74) is 1.13. The predicted molar refractivity (Wildman–Crippen MR) is 151 cm³/mol. The van der Waals surface area contributed by atoms with E-state index in [0.29, 0.717) is 44.0 Å². The Bertz CT molecular complexity index is 1380. The molecular formula is C25H24Cl2N6O3S2. The van der Waals surface area contributed by atoms with Gasteiger partial charge in [0.2, 0.25) is 5.91 Å². The number of carbonyl (C=O) groups excluding carboxylic acids is 2. The molecule has 0 saturated heterocycles. The molecule has 4 rings (SSSR count). The number of nitrogens with zero attached hydrogens (tertiary/aromatic N) is 4. The number of thiazole rings is 1. The Balaban J connectivity index is 1.47. The Morgan fingerprint density at radius 1 is 1.11 bits per heavy atom. The molecule has 2 amide bonds. The lowest BCUT2D eigenvalue weighted by Gasteiger charge is -2.12. The van der Waals surface area contributed by atoms with E-state index >= 15 is 0 Å². The molecule has 0 bridgehead atoms. The van der Waals surface area contributed by atoms with Gasteiger partial charge in [-0.1, -0.05) is 48.3 Å². The Hall–Kier alpha value is -3.12. The van der Waals surface area contributed by atoms with Crippen LogP contribution in [0.4, 0.5) is 5.13 Å². The van der Waals surface area contributed by atoms with Gasteiger partial charge in [-0.3, -0.25) is 14.2 Å². The van der Waals surface area contributed by atoms with Crippen LogP contribution in [-0.4, -0.2) is 43.9 Å². The van der Waals surface area contributed by atoms with Gasteiger partial charge >= 0.3 is 0 Å². The van der Waals surface area contributed by atoms with Crippen molar-refractivity contribution in [1.29, 1.82) is 0 Å². The lowest BCUT2D eigenvalue weighted by atomic mass is 10.2. The average molecular weight is 592 g/mol. The minimum atomic E-state index is -0.272. The summed E-state index contributed by atoms with van der Waals surface area (Å²) in [5, 5.41) is 17.6. The molecule has 4 aromatic rings. The third kappa shape index (κ3) is 7.47. The highest BCUT2D eigenvalue weighted by atomic mass is 35.5. The zero-order chi connectivity index (χ0) is 26.9. The summed E-state index contributed by atoms with van der Waals surface area (Å²) in [6.45, 7) is 2.83. The van der Waals surface area contributed by atoms with Crippen molar-refractivity contribution in [2.45, 2.75) is 31.5 Å². The molecule has 2 aromatic carbocycles. The van der Waals surface area contributed by atoms with Crippen molar-refractivity contribution in [2.24, 2.45) is 0 Å². The van der Waals surface area contributed by atoms with Crippen molar-refractivity contribution in [3.63, 3.8) is 0 Å². The first-order valence-corrected chi connectivity index (χ1v) is 14.3. The van der Waals surface area contributed by atoms with Gasteiger partial charge in [0.1, 0.15) is 5.75 Å². The molecule has 2 N–H and O–H groups in total. The molecule has 0 radical (unpaired) electrons. The van der Waals surface area contributed by atoms with Gasteiger partial charge in [0, 0.05) is 17.1 Å². The minimum absolute atomic E-state index is 0.0814. The van der Waals surface area contributed by atoms with Crippen LogP contribution < -0.4 is 15.4 Å². The van der Waals surface area contributed by atoms with Crippen LogP contribution in [0, 0.1) is 0 Å². The number of hydrogen-bond acceptors (Lipinski definition) is 8. The number of amides is 2. The molecule has 0 spiro atoms. The minimum Gasteiger partial charge on any atom is -0.494 e. The van der Waals surface area contributed by atoms with Crippen LogP contribution in [0.5, 0.6) is 5.75 Å². The molecule has 0 aliphatic carbocycles. The fraction of sp³-hybridized carbons (Fsp3) is 0.240. The first-order chi connectivity index (χ1) is 18.4. The summed E-state index contributed by atoms with van der Waals surface area (Å²) in [6.07, 6.45) is 3.64. The molecule has 38 heavy (non-hydrogen) atoms. The van der Waals surface area contributed by atoms with Gasteiger partial charge in [-0.05, 0) is 48.9 Å². The summed E-state index contributed by atoms with van der Waals surface area (Å²) in [6, 6.07) is 12.1. The zero-order valence-corrected chi connectivity index (χ0v) is 23.5. The highest BCUT2D eigenvalue weighted by molar-refractivity contribution is 7.99. The Morgan fingerprint density at radius 3 is 2.63 bits per heavy atom. The average Bonchev–Trinajstić information content (AvgIpc) is 3.58. The van der Waals surface area contributed by atoms with Gasteiger partial charge in [0.25, 0.3) is 5.91 Å². The monoisotopic (exact) mass is 590 g/mol. The maximum atomic E-state index is 12.8. The summed E-state index contributed by atoms with van der Waals surface area (Å²) in [4.78, 5) is 29.2. The summed E-state index contributed by atoms with van der Waals surface area (Å²) < 4.78 is 7.39. The highest BCUT2D eigenvalue weighted by Crippen LogP contribution is 2.28. The molecule has 2 aromatic heterocycles. The number of nitrogens with one attached hydrogen (secondary N) is 2. The van der Waals surface area contributed by atoms with Crippen LogP contribution in [0.3, 0.4) is 0 Å². The molecule has 0 aliphatic rings. The topological polar surface area (TPSA) is 111 Å². The van der Waals surface area contributed by atoms with Crippen LogP contribution in [0.2, 0.25) is 10.0 Å². The number of rotatable bonds is 12. The SMILES string of the molecule is CCCCOc1ccc(C(=O)NCc2nnc(SCC(=O)Nc3nccs3)n2-c2ccc(Cl)c(Cl)c2)cc1. The summed E-state index contributed by atoms with van der Waals surface area (Å²) in [7, 11) is 0. The van der Waals surface area contributed by atoms with Gasteiger partial charge in [-0.25, -0.2) is 4.98 Å². The number of hydrogen-bond donors (Lipinski definition) is 2. The van der Waals surface area contributed by atoms with E-state index in [9.17, 15) is 9.59 Å². The molecule has 0 atom stereocenters. The largest absolute Gasteiger partial charge is 0.494 e. The molecule has 0 saturated carbocycles. The van der Waals surface area contributed by atoms with E-state index < -0.39 is 0 Å². The van der Waals surface area contributed by atoms with Crippen molar-refractivity contribution in [1.82, 2.24) is 25.1 Å². The molecule has 0 aliphatic heterocycles. The third-order valence-corrected chi connectivity index (χ3v) is 7.52. The second kappa shape index (κ2) is 13.6. The van der Waals surface area contributed by atoms with Crippen molar-refractivity contribution in [2.75, 3.05) is 17.7 Å². The number of aromatic nitrogens is 4. The summed E-state index contributed by atoms with van der Waals surface area (Å²) >= 11 is 14.9. The Labute approximate surface area is 237 Å².